The van der Waals surface area contributed by atoms with E-state index in [0.29, 0.717) is 0 Å². The average Bonchev–Trinajstić information content (AvgIpc) is 0.811. The van der Waals surface area contributed by atoms with Gasteiger partial charge in [-0.3, -0.25) is 4.79 Å². The summed E-state index contributed by atoms with van der Waals surface area (Å²) in [6, 6.07) is 0. The van der Waals surface area contributed by atoms with Crippen molar-refractivity contribution < 1.29 is 9.90 Å². The molecule has 1 N–H and O–H groups in total. The van der Waals surface area contributed by atoms with Crippen molar-refractivity contribution in [3.8, 4) is 0 Å². The first kappa shape index (κ1) is 31.6. The quantitative estimate of drug-likeness (QED) is 0.392. The van der Waals surface area contributed by atoms with E-state index in [1.165, 1.54) is 0 Å². The summed E-state index contributed by atoms with van der Waals surface area (Å²) in [5.41, 5.74) is 0. The number of carbonyl (C=O) groups is 1. The van der Waals surface area contributed by atoms with Gasteiger partial charge in [-0.15, -0.1) is 12.4 Å². The summed E-state index contributed by atoms with van der Waals surface area (Å²) in [7, 11) is 0. The maximum atomic E-state index is 9.00. The molecule has 0 radical (unpaired) electrons. The molecule has 0 fully saturated rings. The third-order valence-electron chi connectivity index (χ3n) is 0. The van der Waals surface area contributed by atoms with E-state index in [0.717, 1.165) is 6.92 Å². The molecule has 0 aromatic rings. The molecule has 0 saturated heterocycles. The summed E-state index contributed by atoms with van der Waals surface area (Å²) in [5.74, 6) is -0.833. The number of halogens is 1. The van der Waals surface area contributed by atoms with E-state index in [1.807, 2.05) is 0 Å². The van der Waals surface area contributed by atoms with Gasteiger partial charge in [-0.25, -0.2) is 0 Å². The molecule has 48 valence electrons. The molecule has 0 amide bonds. The number of hydrogen-bond acceptors (Lipinski definition) is 1. The Balaban J connectivity index is -0.00000000750. The SMILES string of the molecule is CC(=O)O.Cl.P.[AlH3].[KH]. The van der Waals surface area contributed by atoms with Gasteiger partial charge in [0.1, 0.15) is 0 Å². The van der Waals surface area contributed by atoms with Crippen molar-refractivity contribution in [2.45, 2.75) is 6.92 Å². The summed E-state index contributed by atoms with van der Waals surface area (Å²) >= 11 is 0. The normalized spacial score (nSPS) is 3.12. The maximum absolute atomic E-state index is 9.00. The topological polar surface area (TPSA) is 37.3 Å². The fraction of sp³-hybridized carbons (Fsp3) is 0.500. The van der Waals surface area contributed by atoms with Crippen LogP contribution in [0.4, 0.5) is 0 Å². The Bertz CT molecular complexity index is 43.0. The van der Waals surface area contributed by atoms with Crippen molar-refractivity contribution in [1.82, 2.24) is 0 Å². The second-order valence-corrected chi connectivity index (χ2v) is 0.519. The Kier molecular flexibility index (Phi) is 89.9. The van der Waals surface area contributed by atoms with Crippen LogP contribution in [0.15, 0.2) is 0 Å². The van der Waals surface area contributed by atoms with Gasteiger partial charge in [0.15, 0.2) is 17.4 Å². The standard InChI is InChI=1S/C2H4O2.Al.ClH.K.H3P.4H/c1-2(3)4;;;;;;;;/h1H3,(H,3,4);;1H;;1H3;;;;. The van der Waals surface area contributed by atoms with Gasteiger partial charge in [-0.1, -0.05) is 0 Å². The Morgan fingerprint density at radius 1 is 1.50 bits per heavy atom. The molecule has 0 rings (SSSR count). The summed E-state index contributed by atoms with van der Waals surface area (Å²) in [6.45, 7) is 1.08. The van der Waals surface area contributed by atoms with E-state index < -0.39 is 5.97 Å². The second kappa shape index (κ2) is 22.8. The van der Waals surface area contributed by atoms with E-state index in [9.17, 15) is 0 Å². The zero-order valence-electron chi connectivity index (χ0n) is 3.47. The third kappa shape index (κ3) is 81.4. The summed E-state index contributed by atoms with van der Waals surface area (Å²) < 4.78 is 0. The zero-order valence-corrected chi connectivity index (χ0v) is 5.70. The number of hydrogen-bond donors (Lipinski definition) is 1. The van der Waals surface area contributed by atoms with Gasteiger partial charge in [0, 0.05) is 6.92 Å². The van der Waals surface area contributed by atoms with Crippen molar-refractivity contribution in [3.63, 3.8) is 0 Å². The van der Waals surface area contributed by atoms with Crippen LogP contribution in [0.1, 0.15) is 6.92 Å². The van der Waals surface area contributed by atoms with Gasteiger partial charge < -0.3 is 5.11 Å². The molecule has 6 heteroatoms. The average molecular weight is 201 g/mol. The first-order chi connectivity index (χ1) is 1.73. The molecule has 0 bridgehead atoms. The predicted octanol–water partition coefficient (Wildman–Crippen LogP) is -1.26. The van der Waals surface area contributed by atoms with Gasteiger partial charge in [0.2, 0.25) is 0 Å². The molecule has 0 aliphatic rings. The fourth-order valence-electron chi connectivity index (χ4n) is 0. The molecule has 0 aliphatic carbocycles. The summed E-state index contributed by atoms with van der Waals surface area (Å²) in [4.78, 5) is 9.00. The summed E-state index contributed by atoms with van der Waals surface area (Å²) in [6.07, 6.45) is 0. The first-order valence-corrected chi connectivity index (χ1v) is 0.928. The van der Waals surface area contributed by atoms with Crippen LogP contribution in [0.3, 0.4) is 0 Å². The molecule has 1 unspecified atom stereocenters. The minimum absolute atomic E-state index is 0. The predicted molar refractivity (Wildman–Crippen MR) is 48.8 cm³/mol. The first-order valence-electron chi connectivity index (χ1n) is 0.928. The van der Waals surface area contributed by atoms with Crippen LogP contribution >= 0.6 is 22.3 Å². The molecule has 1 atom stereocenters. The van der Waals surface area contributed by atoms with E-state index in [2.05, 4.69) is 0 Å². The van der Waals surface area contributed by atoms with Gasteiger partial charge in [-0.05, 0) is 0 Å². The van der Waals surface area contributed by atoms with Crippen LogP contribution in [0, 0.1) is 0 Å². The Labute approximate surface area is 112 Å². The van der Waals surface area contributed by atoms with Crippen molar-refractivity contribution in [2.24, 2.45) is 0 Å². The Morgan fingerprint density at radius 2 is 1.50 bits per heavy atom. The van der Waals surface area contributed by atoms with Crippen LogP contribution in [0.25, 0.3) is 0 Å². The number of aliphatic carboxylic acids is 1. The Morgan fingerprint density at radius 3 is 1.50 bits per heavy atom. The molecule has 0 aliphatic heterocycles. The molecular formula is C2H12AlClKO2P. The van der Waals surface area contributed by atoms with Gasteiger partial charge >= 0.3 is 51.4 Å². The molecular weight excluding hydrogens is 189 g/mol. The van der Waals surface area contributed by atoms with Crippen LogP contribution < -0.4 is 0 Å². The van der Waals surface area contributed by atoms with Crippen molar-refractivity contribution in [1.29, 1.82) is 0 Å². The van der Waals surface area contributed by atoms with Gasteiger partial charge in [0.25, 0.3) is 5.97 Å². The Hall–Kier alpha value is 2.36. The van der Waals surface area contributed by atoms with Crippen molar-refractivity contribution >= 4 is 97.0 Å². The van der Waals surface area contributed by atoms with E-state index in [4.69, 9.17) is 9.90 Å². The van der Waals surface area contributed by atoms with Crippen LogP contribution in [-0.2, 0) is 4.79 Å². The zero-order chi connectivity index (χ0) is 3.58. The molecule has 0 aromatic carbocycles. The van der Waals surface area contributed by atoms with Crippen LogP contribution in [0.2, 0.25) is 0 Å². The molecule has 8 heavy (non-hydrogen) atoms. The number of rotatable bonds is 0. The van der Waals surface area contributed by atoms with Crippen molar-refractivity contribution in [3.05, 3.63) is 0 Å². The number of carboxylic acids is 1. The van der Waals surface area contributed by atoms with Crippen LogP contribution in [-0.4, -0.2) is 79.8 Å². The van der Waals surface area contributed by atoms with Crippen molar-refractivity contribution in [2.75, 3.05) is 0 Å². The fourth-order valence-corrected chi connectivity index (χ4v) is 0. The number of carboxylic acid groups (broad SMARTS) is 1. The van der Waals surface area contributed by atoms with E-state index >= 15 is 0 Å². The molecule has 0 heterocycles. The molecule has 2 nitrogen and oxygen atoms in total. The second-order valence-electron chi connectivity index (χ2n) is 0.519. The third-order valence-corrected chi connectivity index (χ3v) is 0. The van der Waals surface area contributed by atoms with E-state index in [-0.39, 0.29) is 91.1 Å². The summed E-state index contributed by atoms with van der Waals surface area (Å²) in [5, 5.41) is 7.42. The molecule has 0 aromatic heterocycles. The van der Waals surface area contributed by atoms with Crippen LogP contribution in [0.5, 0.6) is 0 Å². The minimum atomic E-state index is -0.833. The van der Waals surface area contributed by atoms with E-state index in [1.54, 1.807) is 0 Å². The monoisotopic (exact) mass is 200 g/mol. The molecule has 0 saturated carbocycles. The molecule has 0 spiro atoms. The van der Waals surface area contributed by atoms with Gasteiger partial charge in [-0.2, -0.15) is 9.90 Å². The van der Waals surface area contributed by atoms with Gasteiger partial charge in [0.05, 0.1) is 0 Å².